The highest BCUT2D eigenvalue weighted by atomic mass is 35.5. The molecule has 1 aliphatic heterocycles. The van der Waals surface area contributed by atoms with Crippen molar-refractivity contribution in [1.29, 1.82) is 0 Å². The number of alkyl halides is 6. The molecule has 0 unspecified atom stereocenters. The van der Waals surface area contributed by atoms with Crippen LogP contribution in [0, 0.1) is 0 Å². The molecule has 0 saturated carbocycles. The summed E-state index contributed by atoms with van der Waals surface area (Å²) in [6, 6.07) is 8.64. The zero-order chi connectivity index (χ0) is 23.9. The molecule has 2 aromatic carbocycles. The Bertz CT molecular complexity index is 997. The zero-order valence-corrected chi connectivity index (χ0v) is 18.2. The first-order valence-corrected chi connectivity index (χ1v) is 10.7. The minimum Gasteiger partial charge on any atom is -0.369 e. The van der Waals surface area contributed by atoms with Gasteiger partial charge in [-0.2, -0.15) is 26.3 Å². The summed E-state index contributed by atoms with van der Waals surface area (Å²) in [6.45, 7) is 2.07. The van der Waals surface area contributed by atoms with Gasteiger partial charge in [0, 0.05) is 32.8 Å². The summed E-state index contributed by atoms with van der Waals surface area (Å²) in [6.07, 6.45) is -11.4. The quantitative estimate of drug-likeness (QED) is 0.393. The number of rotatable bonds is 5. The molecule has 0 radical (unpaired) electrons. The number of ketones is 1. The van der Waals surface area contributed by atoms with Crippen molar-refractivity contribution in [2.24, 2.45) is 0 Å². The summed E-state index contributed by atoms with van der Waals surface area (Å²) >= 11 is 7.03. The maximum absolute atomic E-state index is 13.3. The molecular formula is C21H18ClF6NO2S. The van der Waals surface area contributed by atoms with Crippen molar-refractivity contribution in [3.05, 3.63) is 58.6 Å². The average molecular weight is 498 g/mol. The maximum atomic E-state index is 13.3. The van der Waals surface area contributed by atoms with Gasteiger partial charge in [0.05, 0.1) is 12.2 Å². The summed E-state index contributed by atoms with van der Waals surface area (Å²) in [7, 11) is 0. The lowest BCUT2D eigenvalue weighted by atomic mass is 9.92. The maximum Gasteiger partial charge on any atom is 0.430 e. The predicted octanol–water partition coefficient (Wildman–Crippen LogP) is 6.23. The lowest BCUT2D eigenvalue weighted by molar-refractivity contribution is -0.376. The van der Waals surface area contributed by atoms with Crippen LogP contribution in [0.5, 0.6) is 0 Å². The molecule has 0 saturated heterocycles. The fourth-order valence-electron chi connectivity index (χ4n) is 3.43. The number of aliphatic hydroxyl groups is 1. The molecule has 174 valence electrons. The van der Waals surface area contributed by atoms with Gasteiger partial charge in [-0.05, 0) is 30.7 Å². The van der Waals surface area contributed by atoms with E-state index >= 15 is 0 Å². The van der Waals surface area contributed by atoms with E-state index in [-0.39, 0.29) is 22.5 Å². The molecule has 0 spiro atoms. The third-order valence-corrected chi connectivity index (χ3v) is 6.82. The summed E-state index contributed by atoms with van der Waals surface area (Å²) in [5, 5.41) is 9.92. The molecule has 1 heterocycles. The van der Waals surface area contributed by atoms with Crippen LogP contribution in [0.25, 0.3) is 0 Å². The van der Waals surface area contributed by atoms with E-state index in [0.717, 1.165) is 17.8 Å². The Morgan fingerprint density at radius 3 is 2.34 bits per heavy atom. The Kier molecular flexibility index (Phi) is 6.80. The molecule has 0 aromatic heterocycles. The molecule has 1 aliphatic rings. The number of carbonyl (C=O) groups is 1. The molecule has 32 heavy (non-hydrogen) atoms. The van der Waals surface area contributed by atoms with E-state index in [4.69, 9.17) is 11.6 Å². The Morgan fingerprint density at radius 2 is 1.78 bits per heavy atom. The van der Waals surface area contributed by atoms with Gasteiger partial charge in [-0.15, -0.1) is 11.8 Å². The van der Waals surface area contributed by atoms with Crippen LogP contribution in [-0.2, 0) is 5.60 Å². The van der Waals surface area contributed by atoms with Crippen molar-refractivity contribution >= 4 is 34.8 Å². The second-order valence-corrected chi connectivity index (χ2v) is 9.13. The average Bonchev–Trinajstić information content (AvgIpc) is 2.70. The van der Waals surface area contributed by atoms with Gasteiger partial charge in [0.1, 0.15) is 0 Å². The smallest absolute Gasteiger partial charge is 0.369 e. The van der Waals surface area contributed by atoms with Gasteiger partial charge in [-0.3, -0.25) is 4.79 Å². The highest BCUT2D eigenvalue weighted by Gasteiger charge is 2.71. The number of hydrogen-bond donors (Lipinski definition) is 1. The van der Waals surface area contributed by atoms with Crippen molar-refractivity contribution in [1.82, 2.24) is 0 Å². The van der Waals surface area contributed by atoms with Crippen LogP contribution >= 0.6 is 23.4 Å². The van der Waals surface area contributed by atoms with Crippen molar-refractivity contribution in [2.45, 2.75) is 41.4 Å². The van der Waals surface area contributed by atoms with Gasteiger partial charge < -0.3 is 10.0 Å². The van der Waals surface area contributed by atoms with Crippen molar-refractivity contribution in [2.75, 3.05) is 18.0 Å². The fraction of sp³-hybridized carbons (Fsp3) is 0.381. The highest BCUT2D eigenvalue weighted by molar-refractivity contribution is 8.00. The SMILES string of the molecule is CC[C@H]1CN(CC(=O)c2cccc(Cl)c2)c2ccc(C(O)(C(F)(F)F)C(F)(F)F)cc2S1. The number of nitrogens with zero attached hydrogens (tertiary/aromatic N) is 1. The van der Waals surface area contributed by atoms with E-state index in [1.165, 1.54) is 6.07 Å². The van der Waals surface area contributed by atoms with Gasteiger partial charge in [0.2, 0.25) is 0 Å². The molecule has 0 bridgehead atoms. The summed E-state index contributed by atoms with van der Waals surface area (Å²) in [5.41, 5.74) is -5.66. The monoisotopic (exact) mass is 497 g/mol. The lowest BCUT2D eigenvalue weighted by Crippen LogP contribution is -2.54. The lowest BCUT2D eigenvalue weighted by Gasteiger charge is -2.37. The number of Topliss-reactive ketones (excluding diaryl/α,β-unsaturated/α-hetero) is 1. The van der Waals surface area contributed by atoms with Crippen LogP contribution in [0.4, 0.5) is 32.0 Å². The van der Waals surface area contributed by atoms with Gasteiger partial charge in [0.15, 0.2) is 5.78 Å². The predicted molar refractivity (Wildman–Crippen MR) is 110 cm³/mol. The molecular weight excluding hydrogens is 480 g/mol. The van der Waals surface area contributed by atoms with E-state index in [2.05, 4.69) is 0 Å². The topological polar surface area (TPSA) is 40.5 Å². The van der Waals surface area contributed by atoms with Crippen molar-refractivity contribution in [3.8, 4) is 0 Å². The van der Waals surface area contributed by atoms with E-state index in [9.17, 15) is 36.2 Å². The molecule has 3 nitrogen and oxygen atoms in total. The minimum atomic E-state index is -5.97. The number of halogens is 7. The second-order valence-electron chi connectivity index (χ2n) is 7.35. The highest BCUT2D eigenvalue weighted by Crippen LogP contribution is 2.52. The van der Waals surface area contributed by atoms with Crippen LogP contribution in [0.1, 0.15) is 29.3 Å². The van der Waals surface area contributed by atoms with Gasteiger partial charge in [-0.25, -0.2) is 0 Å². The molecule has 0 amide bonds. The van der Waals surface area contributed by atoms with Crippen LogP contribution in [0.2, 0.25) is 5.02 Å². The Hall–Kier alpha value is -1.91. The van der Waals surface area contributed by atoms with E-state index < -0.39 is 23.5 Å². The normalized spacial score (nSPS) is 17.3. The Labute approximate surface area is 189 Å². The first kappa shape index (κ1) is 24.7. The second kappa shape index (κ2) is 8.79. The molecule has 3 rings (SSSR count). The third kappa shape index (κ3) is 4.58. The van der Waals surface area contributed by atoms with Crippen LogP contribution in [-0.4, -0.2) is 41.6 Å². The zero-order valence-electron chi connectivity index (χ0n) is 16.6. The van der Waals surface area contributed by atoms with Crippen molar-refractivity contribution < 1.29 is 36.2 Å². The first-order chi connectivity index (χ1) is 14.8. The Morgan fingerprint density at radius 1 is 1.12 bits per heavy atom. The summed E-state index contributed by atoms with van der Waals surface area (Å²) in [5.74, 6) is -0.300. The van der Waals surface area contributed by atoms with Gasteiger partial charge in [-0.1, -0.05) is 36.7 Å². The van der Waals surface area contributed by atoms with E-state index in [1.54, 1.807) is 23.1 Å². The molecule has 2 aromatic rings. The minimum absolute atomic E-state index is 0.131. The molecule has 0 aliphatic carbocycles. The summed E-state index contributed by atoms with van der Waals surface area (Å²) in [4.78, 5) is 14.5. The van der Waals surface area contributed by atoms with Crippen molar-refractivity contribution in [3.63, 3.8) is 0 Å². The van der Waals surface area contributed by atoms with Crippen LogP contribution < -0.4 is 4.90 Å². The summed E-state index contributed by atoms with van der Waals surface area (Å²) < 4.78 is 79.7. The molecule has 11 heteroatoms. The van der Waals surface area contributed by atoms with Gasteiger partial charge in [0.25, 0.3) is 5.60 Å². The first-order valence-electron chi connectivity index (χ1n) is 9.48. The largest absolute Gasteiger partial charge is 0.430 e. The standard InChI is InChI=1S/C21H18ClF6NO2S/c1-2-15-10-29(11-17(30)12-4-3-5-14(22)8-12)16-7-6-13(9-18(16)32-15)19(31,20(23,24)25)21(26,27)28/h3-9,15,31H,2,10-11H2,1H3/t15-/m0/s1. The van der Waals surface area contributed by atoms with Crippen LogP contribution in [0.3, 0.4) is 0 Å². The Balaban J connectivity index is 2.01. The number of benzene rings is 2. The number of carbonyl (C=O) groups excluding carboxylic acids is 1. The molecule has 1 N–H and O–H groups in total. The number of hydrogen-bond acceptors (Lipinski definition) is 4. The number of fused-ring (bicyclic) bond motifs is 1. The van der Waals surface area contributed by atoms with E-state index in [1.807, 2.05) is 6.92 Å². The third-order valence-electron chi connectivity index (χ3n) is 5.19. The molecule has 0 fully saturated rings. The number of thioether (sulfide) groups is 1. The van der Waals surface area contributed by atoms with Gasteiger partial charge >= 0.3 is 12.4 Å². The van der Waals surface area contributed by atoms with Crippen LogP contribution in [0.15, 0.2) is 47.4 Å². The molecule has 1 atom stereocenters. The number of anilines is 1. The fourth-order valence-corrected chi connectivity index (χ4v) is 4.92. The van der Waals surface area contributed by atoms with E-state index in [0.29, 0.717) is 41.4 Å².